The van der Waals surface area contributed by atoms with Gasteiger partial charge in [0.05, 0.1) is 26.2 Å². The second kappa shape index (κ2) is 6.14. The number of rotatable bonds is 4. The smallest absolute Gasteiger partial charge is 0.123 e. The van der Waals surface area contributed by atoms with Gasteiger partial charge in [-0.1, -0.05) is 18.2 Å². The molecule has 0 bridgehead atoms. The van der Waals surface area contributed by atoms with Crippen LogP contribution in [0, 0.1) is 0 Å². The van der Waals surface area contributed by atoms with Gasteiger partial charge < -0.3 is 9.30 Å². The Hall–Kier alpha value is -2.18. The fourth-order valence-corrected chi connectivity index (χ4v) is 3.80. The van der Waals surface area contributed by atoms with E-state index in [4.69, 9.17) is 4.74 Å². The van der Waals surface area contributed by atoms with Crippen LogP contribution < -0.4 is 4.74 Å². The van der Waals surface area contributed by atoms with Crippen LogP contribution in [-0.2, 0) is 19.6 Å². The Labute approximate surface area is 139 Å². The zero-order chi connectivity index (χ0) is 15.6. The molecule has 5 nitrogen and oxygen atoms in total. The Kier molecular flexibility index (Phi) is 3.85. The second-order valence-corrected chi connectivity index (χ2v) is 6.56. The van der Waals surface area contributed by atoms with E-state index in [1.165, 1.54) is 5.56 Å². The molecule has 3 aromatic rings. The molecule has 0 fully saturated rings. The highest BCUT2D eigenvalue weighted by atomic mass is 32.1. The molecule has 3 heterocycles. The number of para-hydroxylation sites is 1. The second-order valence-electron chi connectivity index (χ2n) is 5.58. The maximum atomic E-state index is 5.59. The number of nitrogens with zero attached hydrogens (tertiary/aromatic N) is 4. The molecule has 1 aromatic carbocycles. The lowest BCUT2D eigenvalue weighted by Crippen LogP contribution is -2.36. The van der Waals surface area contributed by atoms with E-state index in [-0.39, 0.29) is 6.04 Å². The first-order chi connectivity index (χ1) is 11.3. The lowest BCUT2D eigenvalue weighted by molar-refractivity contribution is 0.126. The summed E-state index contributed by atoms with van der Waals surface area (Å²) in [4.78, 5) is 11.4. The van der Waals surface area contributed by atoms with Crippen molar-refractivity contribution < 1.29 is 4.74 Å². The average Bonchev–Trinajstić information content (AvgIpc) is 3.25. The molecule has 1 atom stereocenters. The summed E-state index contributed by atoms with van der Waals surface area (Å²) in [7, 11) is 1.73. The van der Waals surface area contributed by atoms with E-state index < -0.39 is 0 Å². The van der Waals surface area contributed by atoms with Gasteiger partial charge in [0.15, 0.2) is 0 Å². The number of ether oxygens (including phenoxy) is 1. The van der Waals surface area contributed by atoms with E-state index in [9.17, 15) is 0 Å². The Bertz CT molecular complexity index is 784. The van der Waals surface area contributed by atoms with Crippen molar-refractivity contribution in [3.8, 4) is 5.75 Å². The van der Waals surface area contributed by atoms with E-state index in [1.807, 2.05) is 29.9 Å². The zero-order valence-electron chi connectivity index (χ0n) is 12.9. The molecule has 0 aliphatic carbocycles. The number of imidazole rings is 1. The fourth-order valence-electron chi connectivity index (χ4n) is 3.16. The van der Waals surface area contributed by atoms with Crippen molar-refractivity contribution >= 4 is 11.3 Å². The summed E-state index contributed by atoms with van der Waals surface area (Å²) in [6.45, 7) is 2.52. The number of hydrogen-bond acceptors (Lipinski definition) is 5. The Morgan fingerprint density at radius 2 is 2.17 bits per heavy atom. The molecule has 0 N–H and O–H groups in total. The highest BCUT2D eigenvalue weighted by molar-refractivity contribution is 7.09. The van der Waals surface area contributed by atoms with Gasteiger partial charge in [0.1, 0.15) is 16.6 Å². The molecule has 23 heavy (non-hydrogen) atoms. The molecule has 2 aromatic heterocycles. The predicted molar refractivity (Wildman–Crippen MR) is 89.3 cm³/mol. The lowest BCUT2D eigenvalue weighted by Gasteiger charge is -2.36. The topological polar surface area (TPSA) is 43.2 Å². The van der Waals surface area contributed by atoms with Crippen LogP contribution in [0.5, 0.6) is 5.75 Å². The van der Waals surface area contributed by atoms with Gasteiger partial charge in [-0.25, -0.2) is 9.97 Å². The van der Waals surface area contributed by atoms with E-state index >= 15 is 0 Å². The summed E-state index contributed by atoms with van der Waals surface area (Å²) in [5, 5.41) is 3.16. The van der Waals surface area contributed by atoms with Crippen molar-refractivity contribution in [1.82, 2.24) is 19.4 Å². The van der Waals surface area contributed by atoms with Gasteiger partial charge in [0, 0.05) is 36.1 Å². The molecule has 6 heteroatoms. The predicted octanol–water partition coefficient (Wildman–Crippen LogP) is 3.11. The van der Waals surface area contributed by atoms with E-state index in [0.29, 0.717) is 0 Å². The SMILES string of the molecule is COc1ccccc1C1Cn2ccnc2CN1Cc1nccs1. The van der Waals surface area contributed by atoms with Crippen LogP contribution in [0.2, 0.25) is 0 Å². The summed E-state index contributed by atoms with van der Waals surface area (Å²) in [5.74, 6) is 2.04. The number of hydrogen-bond donors (Lipinski definition) is 0. The van der Waals surface area contributed by atoms with Crippen molar-refractivity contribution in [3.05, 3.63) is 64.6 Å². The van der Waals surface area contributed by atoms with Crippen LogP contribution in [0.3, 0.4) is 0 Å². The maximum Gasteiger partial charge on any atom is 0.123 e. The average molecular weight is 326 g/mol. The van der Waals surface area contributed by atoms with Crippen molar-refractivity contribution in [2.24, 2.45) is 0 Å². The maximum absolute atomic E-state index is 5.59. The minimum atomic E-state index is 0.247. The quantitative estimate of drug-likeness (QED) is 0.739. The number of methoxy groups -OCH3 is 1. The molecule has 118 valence electrons. The Balaban J connectivity index is 1.71. The standard InChI is InChI=1S/C17H18N4OS/c1-22-15-5-3-2-4-13(15)14-10-20-8-6-18-16(20)11-21(14)12-17-19-7-9-23-17/h2-9,14H,10-12H2,1H3. The molecule has 0 saturated heterocycles. The molecule has 0 saturated carbocycles. The highest BCUT2D eigenvalue weighted by Crippen LogP contribution is 2.35. The Morgan fingerprint density at radius 1 is 1.26 bits per heavy atom. The van der Waals surface area contributed by atoms with Gasteiger partial charge in [-0.15, -0.1) is 11.3 Å². The molecule has 0 radical (unpaired) electrons. The number of benzene rings is 1. The molecular weight excluding hydrogens is 308 g/mol. The Morgan fingerprint density at radius 3 is 3.00 bits per heavy atom. The van der Waals surface area contributed by atoms with Crippen LogP contribution in [0.15, 0.2) is 48.2 Å². The van der Waals surface area contributed by atoms with E-state index in [2.05, 4.69) is 37.8 Å². The van der Waals surface area contributed by atoms with Crippen molar-refractivity contribution in [2.75, 3.05) is 7.11 Å². The van der Waals surface area contributed by atoms with Crippen molar-refractivity contribution in [2.45, 2.75) is 25.7 Å². The molecule has 1 aliphatic rings. The molecule has 0 spiro atoms. The fraction of sp³-hybridized carbons (Fsp3) is 0.294. The molecule has 1 aliphatic heterocycles. The molecular formula is C17H18N4OS. The summed E-state index contributed by atoms with van der Waals surface area (Å²) >= 11 is 1.70. The van der Waals surface area contributed by atoms with Gasteiger partial charge in [-0.2, -0.15) is 0 Å². The summed E-state index contributed by atoms with van der Waals surface area (Å²) < 4.78 is 7.82. The van der Waals surface area contributed by atoms with Crippen molar-refractivity contribution in [1.29, 1.82) is 0 Å². The van der Waals surface area contributed by atoms with Gasteiger partial charge >= 0.3 is 0 Å². The third kappa shape index (κ3) is 2.75. The first-order valence-corrected chi connectivity index (χ1v) is 8.48. The summed E-state index contributed by atoms with van der Waals surface area (Å²) in [6.07, 6.45) is 5.79. The normalized spacial score (nSPS) is 17.9. The van der Waals surface area contributed by atoms with Gasteiger partial charge in [-0.05, 0) is 6.07 Å². The van der Waals surface area contributed by atoms with Gasteiger partial charge in [-0.3, -0.25) is 4.90 Å². The third-order valence-corrected chi connectivity index (χ3v) is 5.04. The third-order valence-electron chi connectivity index (χ3n) is 4.28. The molecule has 1 unspecified atom stereocenters. The zero-order valence-corrected chi connectivity index (χ0v) is 13.7. The monoisotopic (exact) mass is 326 g/mol. The van der Waals surface area contributed by atoms with Crippen LogP contribution in [0.4, 0.5) is 0 Å². The van der Waals surface area contributed by atoms with E-state index in [1.54, 1.807) is 18.4 Å². The van der Waals surface area contributed by atoms with Crippen LogP contribution >= 0.6 is 11.3 Å². The van der Waals surface area contributed by atoms with Crippen molar-refractivity contribution in [3.63, 3.8) is 0 Å². The minimum Gasteiger partial charge on any atom is -0.496 e. The highest BCUT2D eigenvalue weighted by Gasteiger charge is 2.30. The number of fused-ring (bicyclic) bond motifs is 1. The first-order valence-electron chi connectivity index (χ1n) is 7.60. The van der Waals surface area contributed by atoms with Crippen LogP contribution in [-0.4, -0.2) is 26.5 Å². The van der Waals surface area contributed by atoms with Gasteiger partial charge in [0.2, 0.25) is 0 Å². The van der Waals surface area contributed by atoms with Crippen LogP contribution in [0.1, 0.15) is 22.4 Å². The summed E-state index contributed by atoms with van der Waals surface area (Å²) in [5.41, 5.74) is 1.21. The molecule has 0 amide bonds. The number of thiazole rings is 1. The largest absolute Gasteiger partial charge is 0.496 e. The first kappa shape index (κ1) is 14.4. The van der Waals surface area contributed by atoms with Crippen LogP contribution in [0.25, 0.3) is 0 Å². The lowest BCUT2D eigenvalue weighted by atomic mass is 10.0. The minimum absolute atomic E-state index is 0.247. The number of aromatic nitrogens is 3. The summed E-state index contributed by atoms with van der Waals surface area (Å²) in [6, 6.07) is 8.51. The van der Waals surface area contributed by atoms with Gasteiger partial charge in [0.25, 0.3) is 0 Å². The molecule has 4 rings (SSSR count). The van der Waals surface area contributed by atoms with E-state index in [0.717, 1.165) is 36.2 Å².